The zero-order valence-electron chi connectivity index (χ0n) is 22.2. The summed E-state index contributed by atoms with van der Waals surface area (Å²) in [6.45, 7) is 0.557. The van der Waals surface area contributed by atoms with Crippen molar-refractivity contribution in [3.8, 4) is 17.3 Å². The quantitative estimate of drug-likeness (QED) is 0.304. The van der Waals surface area contributed by atoms with Crippen LogP contribution in [0.15, 0.2) is 72.9 Å². The molecule has 2 N–H and O–H groups in total. The molecular weight excluding hydrogens is 502 g/mol. The van der Waals surface area contributed by atoms with E-state index in [9.17, 15) is 14.9 Å². The number of fused-ring (bicyclic) bond motifs is 1. The van der Waals surface area contributed by atoms with Gasteiger partial charge in [0.1, 0.15) is 5.82 Å². The molecular formula is C32H29N5O3. The number of rotatable bonds is 7. The maximum atomic E-state index is 14.0. The zero-order chi connectivity index (χ0) is 27.6. The smallest absolute Gasteiger partial charge is 0.411 e. The predicted octanol–water partition coefficient (Wildman–Crippen LogP) is 5.99. The number of nitrogens with one attached hydrogen (secondary N) is 2. The van der Waals surface area contributed by atoms with Crippen LogP contribution in [0.2, 0.25) is 0 Å². The molecule has 0 bridgehead atoms. The number of H-pyrrole nitrogens is 1. The number of aromatic amines is 1. The van der Waals surface area contributed by atoms with Crippen LogP contribution in [-0.2, 0) is 17.6 Å². The van der Waals surface area contributed by atoms with Gasteiger partial charge in [-0.25, -0.2) is 9.78 Å². The van der Waals surface area contributed by atoms with Crippen LogP contribution in [-0.4, -0.2) is 40.5 Å². The second-order valence-corrected chi connectivity index (χ2v) is 10.3. The molecule has 8 nitrogen and oxygen atoms in total. The number of ether oxygens (including phenoxy) is 1. The first-order valence-corrected chi connectivity index (χ1v) is 13.5. The third kappa shape index (κ3) is 4.94. The number of benzene rings is 3. The Labute approximate surface area is 232 Å². The zero-order valence-corrected chi connectivity index (χ0v) is 22.2. The molecule has 3 aromatic carbocycles. The van der Waals surface area contributed by atoms with Crippen molar-refractivity contribution in [3.05, 3.63) is 107 Å². The van der Waals surface area contributed by atoms with Gasteiger partial charge in [-0.3, -0.25) is 10.1 Å². The maximum absolute atomic E-state index is 14.0. The summed E-state index contributed by atoms with van der Waals surface area (Å²) in [6, 6.07) is 23.2. The minimum Gasteiger partial charge on any atom is -0.453 e. The van der Waals surface area contributed by atoms with Gasteiger partial charge in [0, 0.05) is 24.2 Å². The Morgan fingerprint density at radius 2 is 1.93 bits per heavy atom. The fourth-order valence-electron chi connectivity index (χ4n) is 5.60. The highest BCUT2D eigenvalue weighted by Crippen LogP contribution is 2.45. The molecule has 4 aromatic rings. The van der Waals surface area contributed by atoms with Crippen LogP contribution in [0.1, 0.15) is 63.2 Å². The van der Waals surface area contributed by atoms with Gasteiger partial charge < -0.3 is 14.6 Å². The summed E-state index contributed by atoms with van der Waals surface area (Å²) in [4.78, 5) is 35.6. The second kappa shape index (κ2) is 10.7. The van der Waals surface area contributed by atoms with E-state index in [1.54, 1.807) is 18.3 Å². The van der Waals surface area contributed by atoms with Crippen molar-refractivity contribution in [2.24, 2.45) is 0 Å². The summed E-state index contributed by atoms with van der Waals surface area (Å²) in [5.41, 5.74) is 6.98. The molecule has 0 unspecified atom stereocenters. The molecule has 1 saturated carbocycles. The number of hydrogen-bond donors (Lipinski definition) is 2. The molecule has 1 atom stereocenters. The van der Waals surface area contributed by atoms with Gasteiger partial charge in [-0.15, -0.1) is 0 Å². The van der Waals surface area contributed by atoms with Crippen molar-refractivity contribution in [2.45, 2.75) is 37.6 Å². The molecule has 1 aromatic heterocycles. The average Bonchev–Trinajstić information content (AvgIpc) is 3.72. The molecule has 8 heteroatoms. The lowest BCUT2D eigenvalue weighted by molar-refractivity contribution is 0.0647. The highest BCUT2D eigenvalue weighted by molar-refractivity contribution is 5.98. The summed E-state index contributed by atoms with van der Waals surface area (Å²) in [5, 5.41) is 12.3. The molecule has 0 radical (unpaired) electrons. The van der Waals surface area contributed by atoms with Gasteiger partial charge >= 0.3 is 6.09 Å². The summed E-state index contributed by atoms with van der Waals surface area (Å²) < 4.78 is 4.66. The highest BCUT2D eigenvalue weighted by atomic mass is 16.5. The Hall–Kier alpha value is -4.90. The number of amides is 2. The first-order valence-electron chi connectivity index (χ1n) is 13.5. The van der Waals surface area contributed by atoms with E-state index in [1.807, 2.05) is 47.4 Å². The number of hydrogen-bond acceptors (Lipinski definition) is 5. The topological polar surface area (TPSA) is 111 Å². The molecule has 1 aliphatic carbocycles. The fraction of sp³-hybridized carbons (Fsp3) is 0.250. The van der Waals surface area contributed by atoms with Gasteiger partial charge in [-0.05, 0) is 71.7 Å². The third-order valence-corrected chi connectivity index (χ3v) is 7.74. The van der Waals surface area contributed by atoms with E-state index in [4.69, 9.17) is 4.98 Å². The Morgan fingerprint density at radius 3 is 2.62 bits per heavy atom. The molecule has 1 aliphatic heterocycles. The van der Waals surface area contributed by atoms with E-state index in [1.165, 1.54) is 7.11 Å². The number of imidazole rings is 1. The molecule has 2 aliphatic rings. The largest absolute Gasteiger partial charge is 0.453 e. The van der Waals surface area contributed by atoms with Crippen LogP contribution in [0, 0.1) is 11.3 Å². The molecule has 2 heterocycles. The number of anilines is 1. The minimum absolute atomic E-state index is 0.0234. The Bertz CT molecular complexity index is 1600. The van der Waals surface area contributed by atoms with Gasteiger partial charge in [0.05, 0.1) is 36.7 Å². The summed E-state index contributed by atoms with van der Waals surface area (Å²) in [6.07, 6.45) is 4.74. The Balaban J connectivity index is 1.32. The van der Waals surface area contributed by atoms with Crippen molar-refractivity contribution in [1.82, 2.24) is 14.9 Å². The molecule has 200 valence electrons. The number of nitriles is 1. The van der Waals surface area contributed by atoms with Gasteiger partial charge in [-0.2, -0.15) is 5.26 Å². The van der Waals surface area contributed by atoms with E-state index in [0.29, 0.717) is 41.5 Å². The monoisotopic (exact) mass is 531 g/mol. The molecule has 6 rings (SSSR count). The van der Waals surface area contributed by atoms with Gasteiger partial charge in [0.25, 0.3) is 5.91 Å². The lowest BCUT2D eigenvalue weighted by Gasteiger charge is -2.35. The van der Waals surface area contributed by atoms with Crippen LogP contribution >= 0.6 is 0 Å². The maximum Gasteiger partial charge on any atom is 0.411 e. The van der Waals surface area contributed by atoms with Gasteiger partial charge in [0.2, 0.25) is 0 Å². The number of carbonyl (C=O) groups is 2. The molecule has 40 heavy (non-hydrogen) atoms. The van der Waals surface area contributed by atoms with Crippen LogP contribution in [0.25, 0.3) is 11.3 Å². The standard InChI is InChI=1S/C32H29N5O3/c1-40-32(39)35-24-12-9-21(10-13-24)27-19-34-30(36-27)28(17-20-5-3-2-4-6-20)37-16-15-25-26(31(37)38)14-11-23(18-33)29(25)22-7-8-22/h2-6,9-14,19,22,28H,7-8,15-17H2,1H3,(H,34,36)(H,35,39)/t28-/m0/s1. The first-order chi connectivity index (χ1) is 19.6. The van der Waals surface area contributed by atoms with Crippen molar-refractivity contribution < 1.29 is 14.3 Å². The normalized spacial score (nSPS) is 15.2. The molecule has 0 saturated heterocycles. The number of nitrogens with zero attached hydrogens (tertiary/aromatic N) is 3. The Kier molecular flexibility index (Phi) is 6.79. The number of methoxy groups -OCH3 is 1. The van der Waals surface area contributed by atoms with E-state index >= 15 is 0 Å². The highest BCUT2D eigenvalue weighted by Gasteiger charge is 2.37. The summed E-state index contributed by atoms with van der Waals surface area (Å²) in [5.74, 6) is 1.08. The van der Waals surface area contributed by atoms with E-state index in [-0.39, 0.29) is 11.9 Å². The van der Waals surface area contributed by atoms with E-state index in [0.717, 1.165) is 47.2 Å². The first kappa shape index (κ1) is 25.4. The van der Waals surface area contributed by atoms with Crippen molar-refractivity contribution >= 4 is 17.7 Å². The van der Waals surface area contributed by atoms with Crippen LogP contribution < -0.4 is 5.32 Å². The van der Waals surface area contributed by atoms with E-state index < -0.39 is 6.09 Å². The SMILES string of the molecule is COC(=O)Nc1ccc(-c2cnc([C@H](Cc3ccccc3)N3CCc4c(ccc(C#N)c4C4CC4)C3=O)[nH]2)cc1. The Morgan fingerprint density at radius 1 is 1.15 bits per heavy atom. The fourth-order valence-corrected chi connectivity index (χ4v) is 5.60. The van der Waals surface area contributed by atoms with Gasteiger partial charge in [0.15, 0.2) is 0 Å². The second-order valence-electron chi connectivity index (χ2n) is 10.3. The lowest BCUT2D eigenvalue weighted by Crippen LogP contribution is -2.42. The molecule has 0 spiro atoms. The van der Waals surface area contributed by atoms with Gasteiger partial charge in [-0.1, -0.05) is 42.5 Å². The number of aromatic nitrogens is 2. The average molecular weight is 532 g/mol. The molecule has 2 amide bonds. The van der Waals surface area contributed by atoms with Crippen molar-refractivity contribution in [3.63, 3.8) is 0 Å². The van der Waals surface area contributed by atoms with Crippen molar-refractivity contribution in [2.75, 3.05) is 19.0 Å². The summed E-state index contributed by atoms with van der Waals surface area (Å²) >= 11 is 0. The molecule has 1 fully saturated rings. The van der Waals surface area contributed by atoms with E-state index in [2.05, 4.69) is 33.2 Å². The lowest BCUT2D eigenvalue weighted by atomic mass is 9.87. The van der Waals surface area contributed by atoms with Crippen LogP contribution in [0.5, 0.6) is 0 Å². The van der Waals surface area contributed by atoms with Crippen LogP contribution in [0.4, 0.5) is 10.5 Å². The van der Waals surface area contributed by atoms with Crippen molar-refractivity contribution in [1.29, 1.82) is 5.26 Å². The predicted molar refractivity (Wildman–Crippen MR) is 151 cm³/mol. The minimum atomic E-state index is -0.527. The third-order valence-electron chi connectivity index (χ3n) is 7.74. The number of carbonyl (C=O) groups excluding carboxylic acids is 2. The summed E-state index contributed by atoms with van der Waals surface area (Å²) in [7, 11) is 1.32. The van der Waals surface area contributed by atoms with Crippen LogP contribution in [0.3, 0.4) is 0 Å².